The highest BCUT2D eigenvalue weighted by atomic mass is 16.5. The molecule has 3 aromatic rings. The van der Waals surface area contributed by atoms with Crippen LogP contribution in [0.15, 0.2) is 103 Å². The highest BCUT2D eigenvalue weighted by molar-refractivity contribution is 6.31. The zero-order valence-electron chi connectivity index (χ0n) is 23.4. The van der Waals surface area contributed by atoms with Crippen LogP contribution in [0.25, 0.3) is 5.57 Å². The SMILES string of the molecule is O=C1NC(=O)[C@H]2CC=C3[C@@H](C[C@H]4C(=O)C(c5ccccc5)=CC(=O)[C@@]4(c4ccccc4)[C@H]3c3ccccc3OCCO)[C@@H]12. The van der Waals surface area contributed by atoms with Gasteiger partial charge in [0, 0.05) is 23.0 Å². The van der Waals surface area contributed by atoms with Crippen molar-refractivity contribution in [3.8, 4) is 5.75 Å². The average molecular weight is 574 g/mol. The Morgan fingerprint density at radius 3 is 2.28 bits per heavy atom. The maximum atomic E-state index is 14.9. The zero-order valence-corrected chi connectivity index (χ0v) is 23.4. The molecular formula is C36H31NO6. The predicted octanol–water partition coefficient (Wildman–Crippen LogP) is 4.17. The van der Waals surface area contributed by atoms with E-state index >= 15 is 0 Å². The maximum Gasteiger partial charge on any atom is 0.231 e. The fourth-order valence-electron chi connectivity index (χ4n) is 8.14. The van der Waals surface area contributed by atoms with Crippen LogP contribution in [-0.4, -0.2) is 41.7 Å². The predicted molar refractivity (Wildman–Crippen MR) is 159 cm³/mol. The third kappa shape index (κ3) is 4.06. The van der Waals surface area contributed by atoms with Crippen LogP contribution in [0.3, 0.4) is 0 Å². The van der Waals surface area contributed by atoms with Gasteiger partial charge in [0.15, 0.2) is 11.6 Å². The number of rotatable bonds is 6. The molecular weight excluding hydrogens is 542 g/mol. The van der Waals surface area contributed by atoms with Crippen molar-refractivity contribution in [1.82, 2.24) is 5.32 Å². The summed E-state index contributed by atoms with van der Waals surface area (Å²) in [6, 6.07) is 26.1. The molecule has 2 amide bonds. The van der Waals surface area contributed by atoms with Crippen LogP contribution in [0.1, 0.15) is 35.4 Å². The summed E-state index contributed by atoms with van der Waals surface area (Å²) in [4.78, 5) is 55.8. The van der Waals surface area contributed by atoms with E-state index in [9.17, 15) is 24.3 Å². The molecule has 0 bridgehead atoms. The number of hydrogen-bond donors (Lipinski definition) is 2. The lowest BCUT2D eigenvalue weighted by molar-refractivity contribution is -0.135. The summed E-state index contributed by atoms with van der Waals surface area (Å²) in [6.45, 7) is -0.135. The molecule has 2 fully saturated rings. The molecule has 0 aromatic heterocycles. The summed E-state index contributed by atoms with van der Waals surface area (Å²) in [5.74, 6) is -3.45. The molecule has 0 unspecified atom stereocenters. The number of ketones is 2. The topological polar surface area (TPSA) is 110 Å². The summed E-state index contributed by atoms with van der Waals surface area (Å²) >= 11 is 0. The lowest BCUT2D eigenvalue weighted by atomic mass is 9.44. The molecule has 216 valence electrons. The van der Waals surface area contributed by atoms with E-state index in [1.54, 1.807) is 6.07 Å². The summed E-state index contributed by atoms with van der Waals surface area (Å²) < 4.78 is 6.03. The van der Waals surface area contributed by atoms with E-state index in [1.165, 1.54) is 6.08 Å². The Balaban J connectivity index is 1.53. The van der Waals surface area contributed by atoms with Crippen molar-refractivity contribution >= 4 is 29.0 Å². The fraction of sp³-hybridized carbons (Fsp3) is 0.278. The number of carbonyl (C=O) groups excluding carboxylic acids is 4. The van der Waals surface area contributed by atoms with Gasteiger partial charge in [-0.2, -0.15) is 0 Å². The highest BCUT2D eigenvalue weighted by Gasteiger charge is 2.65. The average Bonchev–Trinajstić information content (AvgIpc) is 3.34. The van der Waals surface area contributed by atoms with Crippen LogP contribution < -0.4 is 10.1 Å². The molecule has 1 saturated carbocycles. The van der Waals surface area contributed by atoms with E-state index in [4.69, 9.17) is 4.74 Å². The maximum absolute atomic E-state index is 14.9. The van der Waals surface area contributed by atoms with Crippen molar-refractivity contribution in [3.63, 3.8) is 0 Å². The molecule has 4 aliphatic rings. The third-order valence-corrected chi connectivity index (χ3v) is 9.80. The first-order valence-corrected chi connectivity index (χ1v) is 14.7. The Hall–Kier alpha value is -4.62. The molecule has 3 aliphatic carbocycles. The summed E-state index contributed by atoms with van der Waals surface area (Å²) in [6.07, 6.45) is 4.15. The number of allylic oxidation sites excluding steroid dienone is 4. The zero-order chi connectivity index (χ0) is 29.7. The number of Topliss-reactive ketones (excluding diaryl/α,β-unsaturated/α-hetero) is 1. The van der Waals surface area contributed by atoms with Crippen molar-refractivity contribution in [1.29, 1.82) is 0 Å². The van der Waals surface area contributed by atoms with Gasteiger partial charge < -0.3 is 9.84 Å². The molecule has 1 saturated heterocycles. The first-order chi connectivity index (χ1) is 21.0. The number of carbonyl (C=O) groups is 4. The van der Waals surface area contributed by atoms with Gasteiger partial charge in [0.25, 0.3) is 0 Å². The van der Waals surface area contributed by atoms with Crippen molar-refractivity contribution in [2.45, 2.75) is 24.2 Å². The van der Waals surface area contributed by atoms with Gasteiger partial charge in [-0.25, -0.2) is 0 Å². The lowest BCUT2D eigenvalue weighted by Gasteiger charge is -2.55. The van der Waals surface area contributed by atoms with E-state index in [-0.39, 0.29) is 43.0 Å². The van der Waals surface area contributed by atoms with Crippen LogP contribution in [-0.2, 0) is 24.6 Å². The van der Waals surface area contributed by atoms with Crippen molar-refractivity contribution < 1.29 is 29.0 Å². The highest BCUT2D eigenvalue weighted by Crippen LogP contribution is 2.64. The molecule has 3 aromatic carbocycles. The largest absolute Gasteiger partial charge is 0.491 e. The number of imide groups is 1. The van der Waals surface area contributed by atoms with Gasteiger partial charge in [0.2, 0.25) is 11.8 Å². The minimum atomic E-state index is -1.32. The smallest absolute Gasteiger partial charge is 0.231 e. The molecule has 7 rings (SSSR count). The summed E-state index contributed by atoms with van der Waals surface area (Å²) in [5.41, 5.74) is 2.02. The molecule has 43 heavy (non-hydrogen) atoms. The van der Waals surface area contributed by atoms with Gasteiger partial charge in [0.1, 0.15) is 12.4 Å². The molecule has 1 aliphatic heterocycles. The van der Waals surface area contributed by atoms with E-state index < -0.39 is 35.0 Å². The van der Waals surface area contributed by atoms with Gasteiger partial charge in [-0.15, -0.1) is 0 Å². The number of para-hydroxylation sites is 1. The monoisotopic (exact) mass is 573 g/mol. The van der Waals surface area contributed by atoms with Gasteiger partial charge >= 0.3 is 0 Å². The molecule has 1 heterocycles. The summed E-state index contributed by atoms with van der Waals surface area (Å²) in [7, 11) is 0. The van der Waals surface area contributed by atoms with E-state index in [0.717, 1.165) is 11.1 Å². The number of ether oxygens (including phenoxy) is 1. The molecule has 6 atom stereocenters. The first kappa shape index (κ1) is 27.2. The Morgan fingerprint density at radius 1 is 0.837 bits per heavy atom. The molecule has 0 radical (unpaired) electrons. The minimum Gasteiger partial charge on any atom is -0.491 e. The van der Waals surface area contributed by atoms with Crippen molar-refractivity contribution in [3.05, 3.63) is 119 Å². The van der Waals surface area contributed by atoms with Crippen molar-refractivity contribution in [2.24, 2.45) is 23.7 Å². The van der Waals surface area contributed by atoms with E-state index in [0.29, 0.717) is 28.9 Å². The Bertz CT molecular complexity index is 1690. The van der Waals surface area contributed by atoms with Gasteiger partial charge in [-0.05, 0) is 42.0 Å². The number of fused-ring (bicyclic) bond motifs is 4. The molecule has 7 heteroatoms. The van der Waals surface area contributed by atoms with Crippen LogP contribution in [0.5, 0.6) is 5.75 Å². The molecule has 2 N–H and O–H groups in total. The second-order valence-corrected chi connectivity index (χ2v) is 11.8. The third-order valence-electron chi connectivity index (χ3n) is 9.80. The number of aliphatic hydroxyl groups excluding tert-OH is 1. The Kier molecular flexibility index (Phi) is 6.70. The standard InChI is InChI=1S/C36H31NO6/c38-17-18-43-29-14-8-7-13-24(29)32-23-15-16-25-31(35(42)37-34(25)41)27(23)19-28-33(40)26(21-9-3-1-4-10-21)20-30(39)36(28,32)22-11-5-2-6-12-22/h1-15,20,25,27-28,31-32,38H,16-19H2,(H,37,41,42)/t25-,27+,28-,31-,32+,36-/m0/s1. The number of hydrogen-bond acceptors (Lipinski definition) is 6. The van der Waals surface area contributed by atoms with Crippen LogP contribution >= 0.6 is 0 Å². The van der Waals surface area contributed by atoms with Crippen LogP contribution in [0.4, 0.5) is 0 Å². The first-order valence-electron chi connectivity index (χ1n) is 14.7. The van der Waals surface area contributed by atoms with E-state index in [2.05, 4.69) is 5.32 Å². The lowest BCUT2D eigenvalue weighted by Crippen LogP contribution is -2.58. The normalized spacial score (nSPS) is 29.6. The number of nitrogens with one attached hydrogen (secondary N) is 1. The Morgan fingerprint density at radius 2 is 1.53 bits per heavy atom. The molecule has 0 spiro atoms. The second kappa shape index (κ2) is 10.6. The van der Waals surface area contributed by atoms with Crippen LogP contribution in [0, 0.1) is 23.7 Å². The van der Waals surface area contributed by atoms with Crippen LogP contribution in [0.2, 0.25) is 0 Å². The van der Waals surface area contributed by atoms with Crippen molar-refractivity contribution in [2.75, 3.05) is 13.2 Å². The van der Waals surface area contributed by atoms with E-state index in [1.807, 2.05) is 84.9 Å². The Labute approximate surface area is 249 Å². The second-order valence-electron chi connectivity index (χ2n) is 11.8. The van der Waals surface area contributed by atoms with Gasteiger partial charge in [-0.1, -0.05) is 90.5 Å². The number of amides is 2. The number of aliphatic hydroxyl groups is 1. The van der Waals surface area contributed by atoms with Gasteiger partial charge in [0.05, 0.1) is 23.9 Å². The fourth-order valence-corrected chi connectivity index (χ4v) is 8.14. The number of benzene rings is 3. The van der Waals surface area contributed by atoms with Gasteiger partial charge in [-0.3, -0.25) is 24.5 Å². The quantitative estimate of drug-likeness (QED) is 0.339. The molecule has 7 nitrogen and oxygen atoms in total. The minimum absolute atomic E-state index is 0.0561. The summed E-state index contributed by atoms with van der Waals surface area (Å²) in [5, 5.41) is 12.1.